The van der Waals surface area contributed by atoms with Gasteiger partial charge in [-0.05, 0) is 11.8 Å². The van der Waals surface area contributed by atoms with Crippen LogP contribution in [0.4, 0.5) is 4.39 Å². The number of aliphatic hydroxyl groups excluding tert-OH is 1. The van der Waals surface area contributed by atoms with Crippen molar-refractivity contribution in [3.8, 4) is 0 Å². The van der Waals surface area contributed by atoms with E-state index in [9.17, 15) is 19.1 Å². The Bertz CT molecular complexity index is 687. The van der Waals surface area contributed by atoms with E-state index in [2.05, 4.69) is 16.3 Å². The number of hydrogen-bond donors (Lipinski definition) is 4. The fourth-order valence-corrected chi connectivity index (χ4v) is 2.42. The van der Waals surface area contributed by atoms with Crippen LogP contribution in [0.25, 0.3) is 0 Å². The first-order valence-corrected chi connectivity index (χ1v) is 8.31. The maximum atomic E-state index is 14.6. The van der Waals surface area contributed by atoms with Gasteiger partial charge in [0.1, 0.15) is 6.10 Å². The Kier molecular flexibility index (Phi) is 4.45. The lowest BCUT2D eigenvalue weighted by atomic mass is 10.2. The highest BCUT2D eigenvalue weighted by molar-refractivity contribution is 8.06. The van der Waals surface area contributed by atoms with E-state index in [4.69, 9.17) is 14.5 Å². The molecule has 0 saturated carbocycles. The fourth-order valence-electron chi connectivity index (χ4n) is 1.90. The van der Waals surface area contributed by atoms with E-state index in [0.717, 1.165) is 12.3 Å². The second-order valence-electron chi connectivity index (χ2n) is 4.38. The Balaban J connectivity index is 2.20. The summed E-state index contributed by atoms with van der Waals surface area (Å²) in [5.74, 6) is -2.69. The van der Waals surface area contributed by atoms with Crippen LogP contribution in [0.2, 0.25) is 0 Å². The molecule has 0 aliphatic carbocycles. The lowest BCUT2D eigenvalue weighted by Crippen LogP contribution is -2.41. The second-order valence-corrected chi connectivity index (χ2v) is 7.05. The monoisotopic (exact) mass is 342 g/mol. The third-order valence-electron chi connectivity index (χ3n) is 2.81. The molecule has 1 fully saturated rings. The molecule has 0 unspecified atom stereocenters. The molecular formula is C9H12FN2O7PS. The van der Waals surface area contributed by atoms with Crippen LogP contribution in [0.15, 0.2) is 21.9 Å². The van der Waals surface area contributed by atoms with Crippen LogP contribution in [0.3, 0.4) is 0 Å². The van der Waals surface area contributed by atoms with Crippen molar-refractivity contribution in [2.75, 3.05) is 6.61 Å². The number of hydrogen-bond acceptors (Lipinski definition) is 6. The number of H-pyrrole nitrogens is 1. The van der Waals surface area contributed by atoms with E-state index in [0.29, 0.717) is 4.57 Å². The number of ether oxygens (including phenoxy) is 1. The van der Waals surface area contributed by atoms with Gasteiger partial charge in [0.15, 0.2) is 0 Å². The average molecular weight is 342 g/mol. The topological polar surface area (TPSA) is 134 Å². The Labute approximate surface area is 121 Å². The van der Waals surface area contributed by atoms with Crippen molar-refractivity contribution in [2.45, 2.75) is 24.6 Å². The molecule has 1 aromatic rings. The number of halogens is 1. The summed E-state index contributed by atoms with van der Waals surface area (Å²) in [5.41, 5.74) is -1.76. The summed E-state index contributed by atoms with van der Waals surface area (Å²) in [5, 5.41) is 9.71. The third-order valence-corrected chi connectivity index (χ3v) is 3.61. The summed E-state index contributed by atoms with van der Waals surface area (Å²) in [6.45, 7) is -4.53. The molecule has 4 N–H and O–H groups in total. The van der Waals surface area contributed by atoms with Gasteiger partial charge in [0.05, 0.1) is 19.1 Å². The van der Waals surface area contributed by atoms with Crippen molar-refractivity contribution in [2.24, 2.45) is 0 Å². The highest BCUT2D eigenvalue weighted by Gasteiger charge is 2.49. The predicted octanol–water partition coefficient (Wildman–Crippen LogP) is -1.51. The third kappa shape index (κ3) is 3.83. The zero-order valence-corrected chi connectivity index (χ0v) is 12.1. The first-order valence-electron chi connectivity index (χ1n) is 5.68. The van der Waals surface area contributed by atoms with E-state index in [-0.39, 0.29) is 0 Å². The molecule has 2 rings (SSSR count). The normalized spacial score (nSPS) is 29.7. The van der Waals surface area contributed by atoms with Gasteiger partial charge in [0, 0.05) is 12.3 Å². The lowest BCUT2D eigenvalue weighted by molar-refractivity contribution is -0.204. The zero-order valence-electron chi connectivity index (χ0n) is 10.4. The maximum Gasteiger partial charge on any atom is 0.332 e. The number of aliphatic hydroxyl groups is 1. The first kappa shape index (κ1) is 16.4. The summed E-state index contributed by atoms with van der Waals surface area (Å²) in [4.78, 5) is 42.2. The molecule has 3 atom stereocenters. The molecule has 2 heterocycles. The Morgan fingerprint density at radius 2 is 2.29 bits per heavy atom. The van der Waals surface area contributed by atoms with Crippen molar-refractivity contribution in [1.82, 2.24) is 9.55 Å². The minimum atomic E-state index is -3.97. The molecule has 21 heavy (non-hydrogen) atoms. The van der Waals surface area contributed by atoms with Crippen LogP contribution in [0.5, 0.6) is 0 Å². The number of rotatable bonds is 4. The molecule has 0 aromatic carbocycles. The van der Waals surface area contributed by atoms with E-state index < -0.39 is 49.2 Å². The number of aromatic amines is 1. The molecule has 0 spiro atoms. The van der Waals surface area contributed by atoms with Crippen LogP contribution in [-0.2, 0) is 27.0 Å². The molecule has 9 nitrogen and oxygen atoms in total. The van der Waals surface area contributed by atoms with Gasteiger partial charge in [-0.15, -0.1) is 0 Å². The van der Waals surface area contributed by atoms with Gasteiger partial charge in [0.2, 0.25) is 0 Å². The summed E-state index contributed by atoms with van der Waals surface area (Å²) < 4.78 is 24.5. The van der Waals surface area contributed by atoms with Crippen molar-refractivity contribution < 1.29 is 28.5 Å². The lowest BCUT2D eigenvalue weighted by Gasteiger charge is -2.22. The number of nitrogens with zero attached hydrogens (tertiary/aromatic N) is 1. The fraction of sp³-hybridized carbons (Fsp3) is 0.556. The van der Waals surface area contributed by atoms with Gasteiger partial charge in [-0.2, -0.15) is 4.39 Å². The SMILES string of the molecule is O=c1ccn([C@@]2(F)C[C@H](O)[C@@H](COP(O)(O)=S)O2)c(=O)[nH]1. The van der Waals surface area contributed by atoms with E-state index in [1.807, 2.05) is 4.98 Å². The smallest absolute Gasteiger partial charge is 0.332 e. The molecule has 1 saturated heterocycles. The van der Waals surface area contributed by atoms with E-state index >= 15 is 0 Å². The van der Waals surface area contributed by atoms with Crippen molar-refractivity contribution >= 4 is 18.5 Å². The predicted molar refractivity (Wildman–Crippen MR) is 70.6 cm³/mol. The number of aromatic nitrogens is 2. The van der Waals surface area contributed by atoms with Gasteiger partial charge < -0.3 is 24.2 Å². The Morgan fingerprint density at radius 1 is 1.62 bits per heavy atom. The zero-order chi connectivity index (χ0) is 15.8. The van der Waals surface area contributed by atoms with Crippen molar-refractivity contribution in [3.05, 3.63) is 33.1 Å². The van der Waals surface area contributed by atoms with E-state index in [1.54, 1.807) is 0 Å². The Morgan fingerprint density at radius 3 is 2.86 bits per heavy atom. The molecule has 1 aliphatic heterocycles. The molecule has 12 heteroatoms. The molecule has 0 amide bonds. The van der Waals surface area contributed by atoms with Crippen LogP contribution >= 0.6 is 6.72 Å². The molecule has 0 radical (unpaired) electrons. The standard InChI is InChI=1S/C9H12FN2O7PS/c10-9(12-2-1-7(14)11-8(12)15)3-5(13)6(19-9)4-18-20(16,17)21/h1-2,5-6,13H,3-4H2,(H,11,14,15)(H2,16,17,21)/t5-,6+,9-/m0/s1. The van der Waals surface area contributed by atoms with Crippen LogP contribution in [0, 0.1) is 0 Å². The first-order chi connectivity index (χ1) is 9.61. The second kappa shape index (κ2) is 5.69. The number of alkyl halides is 1. The van der Waals surface area contributed by atoms with Gasteiger partial charge in [-0.3, -0.25) is 9.78 Å². The van der Waals surface area contributed by atoms with Crippen LogP contribution < -0.4 is 11.2 Å². The van der Waals surface area contributed by atoms with Gasteiger partial charge >= 0.3 is 12.4 Å². The Hall–Kier alpha value is -0.940. The quantitative estimate of drug-likeness (QED) is 0.485. The van der Waals surface area contributed by atoms with Crippen LogP contribution in [0.1, 0.15) is 6.42 Å². The minimum Gasteiger partial charge on any atom is -0.390 e. The maximum absolute atomic E-state index is 14.6. The van der Waals surface area contributed by atoms with Crippen LogP contribution in [-0.4, -0.2) is 43.3 Å². The molecule has 1 aromatic heterocycles. The number of nitrogens with one attached hydrogen (secondary N) is 1. The highest BCUT2D eigenvalue weighted by atomic mass is 32.5. The largest absolute Gasteiger partial charge is 0.390 e. The average Bonchev–Trinajstić information content (AvgIpc) is 2.61. The van der Waals surface area contributed by atoms with Gasteiger partial charge in [-0.1, -0.05) is 0 Å². The highest BCUT2D eigenvalue weighted by Crippen LogP contribution is 2.40. The van der Waals surface area contributed by atoms with Gasteiger partial charge in [0.25, 0.3) is 11.5 Å². The van der Waals surface area contributed by atoms with E-state index in [1.165, 1.54) is 0 Å². The minimum absolute atomic E-state index is 0.478. The van der Waals surface area contributed by atoms with Crippen molar-refractivity contribution in [1.29, 1.82) is 0 Å². The van der Waals surface area contributed by atoms with Crippen molar-refractivity contribution in [3.63, 3.8) is 0 Å². The molecule has 118 valence electrons. The molecule has 1 aliphatic rings. The van der Waals surface area contributed by atoms with Gasteiger partial charge in [-0.25, -0.2) is 9.36 Å². The summed E-state index contributed by atoms with van der Waals surface area (Å²) in [7, 11) is 0. The summed E-state index contributed by atoms with van der Waals surface area (Å²) in [6, 6.07) is 0.920. The molecular weight excluding hydrogens is 330 g/mol. The molecule has 0 bridgehead atoms. The summed E-state index contributed by atoms with van der Waals surface area (Å²) in [6.07, 6.45) is -2.34. The summed E-state index contributed by atoms with van der Waals surface area (Å²) >= 11 is 4.22.